The number of aliphatic carboxylic acids is 1. The summed E-state index contributed by atoms with van der Waals surface area (Å²) in [5, 5.41) is 11.9. The first-order valence-electron chi connectivity index (χ1n) is 6.25. The van der Waals surface area contributed by atoms with Gasteiger partial charge in [-0.1, -0.05) is 6.92 Å². The van der Waals surface area contributed by atoms with Gasteiger partial charge in [-0.05, 0) is 18.3 Å². The summed E-state index contributed by atoms with van der Waals surface area (Å²) in [4.78, 5) is 24.5. The minimum atomic E-state index is -0.970. The number of nitrogens with one attached hydrogen (secondary N) is 1. The molecule has 1 aliphatic heterocycles. The van der Waals surface area contributed by atoms with Crippen LogP contribution in [0.2, 0.25) is 0 Å². The summed E-state index contributed by atoms with van der Waals surface area (Å²) in [6.45, 7) is 3.08. The van der Waals surface area contributed by atoms with Gasteiger partial charge in [0.05, 0.1) is 6.10 Å². The average Bonchev–Trinajstić information content (AvgIpc) is 2.92. The van der Waals surface area contributed by atoms with Crippen LogP contribution in [0.25, 0.3) is 0 Å². The van der Waals surface area contributed by atoms with Crippen molar-refractivity contribution in [3.63, 3.8) is 0 Å². The minimum absolute atomic E-state index is 0.187. The molecule has 2 N–H and O–H groups in total. The fourth-order valence-corrected chi connectivity index (χ4v) is 2.21. The lowest BCUT2D eigenvalue weighted by Crippen LogP contribution is -2.47. The third-order valence-corrected chi connectivity index (χ3v) is 3.91. The molecule has 0 aromatic carbocycles. The molecule has 0 spiro atoms. The summed E-state index contributed by atoms with van der Waals surface area (Å²) in [5.74, 6) is -0.970. The van der Waals surface area contributed by atoms with E-state index in [2.05, 4.69) is 12.2 Å². The van der Waals surface area contributed by atoms with E-state index in [9.17, 15) is 9.59 Å². The van der Waals surface area contributed by atoms with Gasteiger partial charge in [0.15, 0.2) is 0 Å². The van der Waals surface area contributed by atoms with Crippen LogP contribution in [0.5, 0.6) is 0 Å². The zero-order valence-corrected chi connectivity index (χ0v) is 10.8. The van der Waals surface area contributed by atoms with Crippen molar-refractivity contribution in [2.24, 2.45) is 5.41 Å². The van der Waals surface area contributed by atoms with E-state index in [1.165, 1.54) is 12.0 Å². The van der Waals surface area contributed by atoms with E-state index >= 15 is 0 Å². The van der Waals surface area contributed by atoms with Gasteiger partial charge in [0, 0.05) is 26.6 Å². The first kappa shape index (κ1) is 13.1. The van der Waals surface area contributed by atoms with Crippen LogP contribution < -0.4 is 5.32 Å². The Bertz CT molecular complexity index is 354. The first-order valence-corrected chi connectivity index (χ1v) is 6.25. The van der Waals surface area contributed by atoms with Crippen molar-refractivity contribution in [1.82, 2.24) is 10.2 Å². The number of nitrogens with zero attached hydrogens (tertiary/aromatic N) is 1. The lowest BCUT2D eigenvalue weighted by Gasteiger charge is -2.22. The zero-order valence-electron chi connectivity index (χ0n) is 10.8. The van der Waals surface area contributed by atoms with Gasteiger partial charge in [-0.3, -0.25) is 0 Å². The third kappa shape index (κ3) is 2.75. The van der Waals surface area contributed by atoms with Crippen LogP contribution in [-0.2, 0) is 9.53 Å². The second kappa shape index (κ2) is 4.76. The standard InChI is InChI=1S/C12H20N2O4/c1-12(3-4-12)7-13-11(17)14-6-8(18-2)5-9(14)10(15)16/h8-9H,3-7H2,1-2H3,(H,13,17)(H,15,16). The van der Waals surface area contributed by atoms with Crippen molar-refractivity contribution < 1.29 is 19.4 Å². The molecule has 2 amide bonds. The SMILES string of the molecule is COC1CC(C(=O)O)N(C(=O)NCC2(C)CC2)C1. The summed E-state index contributed by atoms with van der Waals surface area (Å²) >= 11 is 0. The van der Waals surface area contributed by atoms with Crippen LogP contribution in [0, 0.1) is 5.41 Å². The third-order valence-electron chi connectivity index (χ3n) is 3.91. The Labute approximate surface area is 106 Å². The zero-order chi connectivity index (χ0) is 13.3. The molecule has 102 valence electrons. The number of hydrogen-bond acceptors (Lipinski definition) is 3. The molecule has 2 atom stereocenters. The molecule has 0 aromatic heterocycles. The van der Waals surface area contributed by atoms with E-state index in [1.807, 2.05) is 0 Å². The van der Waals surface area contributed by atoms with Crippen LogP contribution in [0.3, 0.4) is 0 Å². The lowest BCUT2D eigenvalue weighted by atomic mass is 10.1. The number of likely N-dealkylation sites (tertiary alicyclic amines) is 1. The Morgan fingerprint density at radius 2 is 2.17 bits per heavy atom. The lowest BCUT2D eigenvalue weighted by molar-refractivity contribution is -0.141. The molecule has 0 aromatic rings. The predicted octanol–water partition coefficient (Wildman–Crippen LogP) is 0.670. The van der Waals surface area contributed by atoms with Gasteiger partial charge in [0.2, 0.25) is 0 Å². The second-order valence-corrected chi connectivity index (χ2v) is 5.57. The molecule has 1 heterocycles. The number of urea groups is 1. The summed E-state index contributed by atoms with van der Waals surface area (Å²) in [5.41, 5.74) is 0.217. The fraction of sp³-hybridized carbons (Fsp3) is 0.833. The quantitative estimate of drug-likeness (QED) is 0.775. The number of methoxy groups -OCH3 is 1. The number of carboxylic acid groups (broad SMARTS) is 1. The number of carbonyl (C=O) groups excluding carboxylic acids is 1. The van der Waals surface area contributed by atoms with Crippen molar-refractivity contribution in [3.05, 3.63) is 0 Å². The van der Waals surface area contributed by atoms with Crippen LogP contribution in [0.4, 0.5) is 4.79 Å². The smallest absolute Gasteiger partial charge is 0.326 e. The van der Waals surface area contributed by atoms with Crippen LogP contribution in [-0.4, -0.2) is 54.4 Å². The summed E-state index contributed by atoms with van der Waals surface area (Å²) in [6, 6.07) is -1.07. The largest absolute Gasteiger partial charge is 0.480 e. The van der Waals surface area contributed by atoms with E-state index in [-0.39, 0.29) is 17.6 Å². The molecule has 1 aliphatic carbocycles. The van der Waals surface area contributed by atoms with E-state index in [4.69, 9.17) is 9.84 Å². The van der Waals surface area contributed by atoms with Crippen molar-refractivity contribution in [2.75, 3.05) is 20.2 Å². The molecule has 2 fully saturated rings. The predicted molar refractivity (Wildman–Crippen MR) is 64.3 cm³/mol. The van der Waals surface area contributed by atoms with Gasteiger partial charge < -0.3 is 20.1 Å². The van der Waals surface area contributed by atoms with Gasteiger partial charge in [-0.25, -0.2) is 9.59 Å². The van der Waals surface area contributed by atoms with Crippen molar-refractivity contribution >= 4 is 12.0 Å². The molecule has 0 bridgehead atoms. The van der Waals surface area contributed by atoms with Gasteiger partial charge in [0.25, 0.3) is 0 Å². The highest BCUT2D eigenvalue weighted by Crippen LogP contribution is 2.44. The van der Waals surface area contributed by atoms with Crippen LogP contribution >= 0.6 is 0 Å². The Morgan fingerprint density at radius 1 is 1.50 bits per heavy atom. The Hall–Kier alpha value is -1.30. The molecular formula is C12H20N2O4. The maximum Gasteiger partial charge on any atom is 0.326 e. The van der Waals surface area contributed by atoms with E-state index in [0.29, 0.717) is 19.5 Å². The monoisotopic (exact) mass is 256 g/mol. The van der Waals surface area contributed by atoms with Crippen molar-refractivity contribution in [3.8, 4) is 0 Å². The normalized spacial score (nSPS) is 29.1. The Morgan fingerprint density at radius 3 is 2.67 bits per heavy atom. The molecule has 2 unspecified atom stereocenters. The number of ether oxygens (including phenoxy) is 1. The summed E-state index contributed by atoms with van der Waals surface area (Å²) < 4.78 is 5.14. The number of hydrogen-bond donors (Lipinski definition) is 2. The fourth-order valence-electron chi connectivity index (χ4n) is 2.21. The minimum Gasteiger partial charge on any atom is -0.480 e. The highest BCUT2D eigenvalue weighted by atomic mass is 16.5. The Balaban J connectivity index is 1.92. The maximum atomic E-state index is 12.0. The van der Waals surface area contributed by atoms with E-state index in [0.717, 1.165) is 12.8 Å². The van der Waals surface area contributed by atoms with Gasteiger partial charge in [0.1, 0.15) is 6.04 Å². The molecule has 2 aliphatic rings. The Kier molecular flexibility index (Phi) is 3.47. The van der Waals surface area contributed by atoms with Crippen molar-refractivity contribution in [1.29, 1.82) is 0 Å². The average molecular weight is 256 g/mol. The molecular weight excluding hydrogens is 236 g/mol. The highest BCUT2D eigenvalue weighted by Gasteiger charge is 2.42. The van der Waals surface area contributed by atoms with Gasteiger partial charge in [-0.15, -0.1) is 0 Å². The van der Waals surface area contributed by atoms with Crippen LogP contribution in [0.15, 0.2) is 0 Å². The number of carbonyl (C=O) groups is 2. The highest BCUT2D eigenvalue weighted by molar-refractivity contribution is 5.83. The van der Waals surface area contributed by atoms with Gasteiger partial charge >= 0.3 is 12.0 Å². The van der Waals surface area contributed by atoms with E-state index < -0.39 is 12.0 Å². The molecule has 6 heteroatoms. The second-order valence-electron chi connectivity index (χ2n) is 5.57. The molecule has 0 radical (unpaired) electrons. The summed E-state index contributed by atoms with van der Waals surface area (Å²) in [6.07, 6.45) is 2.41. The number of rotatable bonds is 4. The molecule has 1 saturated heterocycles. The topological polar surface area (TPSA) is 78.9 Å². The molecule has 18 heavy (non-hydrogen) atoms. The molecule has 1 saturated carbocycles. The van der Waals surface area contributed by atoms with Crippen LogP contribution in [0.1, 0.15) is 26.2 Å². The first-order chi connectivity index (χ1) is 8.45. The maximum absolute atomic E-state index is 12.0. The molecule has 2 rings (SSSR count). The van der Waals surface area contributed by atoms with Gasteiger partial charge in [-0.2, -0.15) is 0 Å². The van der Waals surface area contributed by atoms with E-state index in [1.54, 1.807) is 0 Å². The molecule has 6 nitrogen and oxygen atoms in total. The van der Waals surface area contributed by atoms with Crippen molar-refractivity contribution in [2.45, 2.75) is 38.3 Å². The number of amides is 2. The number of carboxylic acids is 1. The summed E-state index contributed by atoms with van der Waals surface area (Å²) in [7, 11) is 1.54.